The molecule has 0 fully saturated rings. The first-order valence-corrected chi connectivity index (χ1v) is 11.2. The van der Waals surface area contributed by atoms with Crippen LogP contribution in [0, 0.1) is 18.3 Å². The van der Waals surface area contributed by atoms with Gasteiger partial charge in [0, 0.05) is 31.3 Å². The van der Waals surface area contributed by atoms with E-state index in [1.807, 2.05) is 37.8 Å². The Hall–Kier alpha value is -3.73. The molecule has 8 heteroatoms. The first kappa shape index (κ1) is 22.5. The number of carbonyl (C=O) groups is 1. The highest BCUT2D eigenvalue weighted by atomic mass is 16.5. The predicted molar refractivity (Wildman–Crippen MR) is 122 cm³/mol. The summed E-state index contributed by atoms with van der Waals surface area (Å²) in [6.07, 6.45) is 3.73. The van der Waals surface area contributed by atoms with Crippen molar-refractivity contribution in [2.45, 2.75) is 59.6 Å². The maximum atomic E-state index is 12.3. The van der Waals surface area contributed by atoms with E-state index in [-0.39, 0.29) is 17.9 Å². The first-order valence-electron chi connectivity index (χ1n) is 11.2. The summed E-state index contributed by atoms with van der Waals surface area (Å²) < 4.78 is 11.1. The number of nitriles is 1. The van der Waals surface area contributed by atoms with Crippen molar-refractivity contribution in [3.8, 4) is 34.8 Å². The molecule has 1 aromatic carbocycles. The molecule has 0 saturated carbocycles. The Bertz CT molecular complexity index is 1230. The lowest BCUT2D eigenvalue weighted by Gasteiger charge is -2.30. The van der Waals surface area contributed by atoms with Crippen molar-refractivity contribution in [2.24, 2.45) is 0 Å². The van der Waals surface area contributed by atoms with Crippen LogP contribution in [-0.2, 0) is 17.8 Å². The van der Waals surface area contributed by atoms with Crippen LogP contribution >= 0.6 is 0 Å². The molecule has 3 aromatic rings. The van der Waals surface area contributed by atoms with Crippen molar-refractivity contribution in [1.29, 1.82) is 5.26 Å². The molecule has 0 saturated heterocycles. The van der Waals surface area contributed by atoms with E-state index in [4.69, 9.17) is 9.26 Å². The van der Waals surface area contributed by atoms with Crippen LogP contribution < -0.4 is 4.74 Å². The molecular weight excluding hydrogens is 418 g/mol. The zero-order valence-electron chi connectivity index (χ0n) is 19.4. The maximum Gasteiger partial charge on any atom is 0.259 e. The molecule has 3 heterocycles. The minimum absolute atomic E-state index is 0.0886. The fourth-order valence-electron chi connectivity index (χ4n) is 4.08. The van der Waals surface area contributed by atoms with Crippen LogP contribution in [0.1, 0.15) is 55.9 Å². The molecule has 0 spiro atoms. The number of fused-ring (bicyclic) bond motifs is 1. The first-order chi connectivity index (χ1) is 15.9. The number of hydrogen-bond donors (Lipinski definition) is 0. The highest BCUT2D eigenvalue weighted by Crippen LogP contribution is 2.32. The molecule has 170 valence electrons. The number of hydrogen-bond acceptors (Lipinski definition) is 7. The Morgan fingerprint density at radius 1 is 1.36 bits per heavy atom. The zero-order valence-corrected chi connectivity index (χ0v) is 19.4. The van der Waals surface area contributed by atoms with E-state index in [1.54, 1.807) is 12.3 Å². The normalized spacial score (nSPS) is 13.0. The van der Waals surface area contributed by atoms with Gasteiger partial charge < -0.3 is 14.2 Å². The molecule has 1 aliphatic heterocycles. The third kappa shape index (κ3) is 4.58. The third-order valence-corrected chi connectivity index (χ3v) is 5.74. The van der Waals surface area contributed by atoms with E-state index in [0.717, 1.165) is 30.5 Å². The SMILES string of the molecule is CCCC(=O)N1CCc2c(ccc(-c3noc(-c4cnc(OC(C)C)c(C#N)c4)n3)c2C)C1. The van der Waals surface area contributed by atoms with Gasteiger partial charge >= 0.3 is 0 Å². The number of nitrogens with zero attached hydrogens (tertiary/aromatic N) is 5. The van der Waals surface area contributed by atoms with Crippen molar-refractivity contribution in [1.82, 2.24) is 20.0 Å². The van der Waals surface area contributed by atoms with Gasteiger partial charge in [-0.3, -0.25) is 4.79 Å². The average Bonchev–Trinajstić information content (AvgIpc) is 3.29. The summed E-state index contributed by atoms with van der Waals surface area (Å²) in [7, 11) is 0. The Morgan fingerprint density at radius 3 is 2.91 bits per heavy atom. The molecule has 0 unspecified atom stereocenters. The van der Waals surface area contributed by atoms with Crippen LogP contribution in [0.5, 0.6) is 5.88 Å². The highest BCUT2D eigenvalue weighted by Gasteiger charge is 2.24. The molecule has 0 aliphatic carbocycles. The van der Waals surface area contributed by atoms with Crippen molar-refractivity contribution in [3.05, 3.63) is 46.6 Å². The van der Waals surface area contributed by atoms with Crippen molar-refractivity contribution in [3.63, 3.8) is 0 Å². The monoisotopic (exact) mass is 445 g/mol. The Labute approximate surface area is 193 Å². The number of benzene rings is 1. The molecule has 1 aliphatic rings. The van der Waals surface area contributed by atoms with Crippen molar-refractivity contribution < 1.29 is 14.1 Å². The van der Waals surface area contributed by atoms with Gasteiger partial charge in [0.2, 0.25) is 17.6 Å². The van der Waals surface area contributed by atoms with Crippen molar-refractivity contribution >= 4 is 5.91 Å². The Kier molecular flexibility index (Phi) is 6.40. The molecule has 2 aromatic heterocycles. The van der Waals surface area contributed by atoms with E-state index in [2.05, 4.69) is 28.1 Å². The number of rotatable bonds is 6. The topological polar surface area (TPSA) is 105 Å². The minimum Gasteiger partial charge on any atom is -0.474 e. The van der Waals surface area contributed by atoms with Crippen molar-refractivity contribution in [2.75, 3.05) is 6.54 Å². The third-order valence-electron chi connectivity index (χ3n) is 5.74. The van der Waals surface area contributed by atoms with Crippen LogP contribution in [0.15, 0.2) is 28.9 Å². The quantitative estimate of drug-likeness (QED) is 0.552. The summed E-state index contributed by atoms with van der Waals surface area (Å²) in [6, 6.07) is 7.78. The summed E-state index contributed by atoms with van der Waals surface area (Å²) in [5.74, 6) is 1.27. The smallest absolute Gasteiger partial charge is 0.259 e. The number of ether oxygens (including phenoxy) is 1. The lowest BCUT2D eigenvalue weighted by atomic mass is 9.91. The van der Waals surface area contributed by atoms with Crippen LogP contribution in [0.4, 0.5) is 0 Å². The van der Waals surface area contributed by atoms with E-state index in [1.165, 1.54) is 11.1 Å². The average molecular weight is 446 g/mol. The molecule has 0 bridgehead atoms. The molecule has 1 amide bonds. The van der Waals surface area contributed by atoms with Crippen LogP contribution in [0.2, 0.25) is 0 Å². The Morgan fingerprint density at radius 2 is 2.18 bits per heavy atom. The molecular formula is C25H27N5O3. The van der Waals surface area contributed by atoms with Gasteiger partial charge in [0.1, 0.15) is 11.6 Å². The molecule has 0 radical (unpaired) electrons. The summed E-state index contributed by atoms with van der Waals surface area (Å²) in [4.78, 5) is 23.0. The van der Waals surface area contributed by atoms with Crippen LogP contribution in [-0.4, -0.2) is 38.6 Å². The largest absolute Gasteiger partial charge is 0.474 e. The van der Waals surface area contributed by atoms with Gasteiger partial charge in [-0.05, 0) is 56.4 Å². The minimum atomic E-state index is -0.0886. The van der Waals surface area contributed by atoms with Gasteiger partial charge in [-0.15, -0.1) is 0 Å². The Balaban J connectivity index is 1.60. The standard InChI is InChI=1S/C25H27N5O3/c1-5-6-22(31)30-10-9-20-16(4)21(8-7-17(20)14-30)23-28-25(33-29-23)19-11-18(12-26)24(27-13-19)32-15(2)3/h7-8,11,13,15H,5-6,9-10,14H2,1-4H3. The fraction of sp³-hybridized carbons (Fsp3) is 0.400. The number of carbonyl (C=O) groups excluding carboxylic acids is 1. The van der Waals surface area contributed by atoms with E-state index < -0.39 is 0 Å². The van der Waals surface area contributed by atoms with E-state index in [0.29, 0.717) is 35.8 Å². The van der Waals surface area contributed by atoms with Gasteiger partial charge in [-0.2, -0.15) is 10.2 Å². The zero-order chi connectivity index (χ0) is 23.5. The summed E-state index contributed by atoms with van der Waals surface area (Å²) in [6.45, 7) is 9.20. The molecule has 4 rings (SSSR count). The number of amides is 1. The van der Waals surface area contributed by atoms with Gasteiger partial charge in [-0.25, -0.2) is 4.98 Å². The lowest BCUT2D eigenvalue weighted by Crippen LogP contribution is -2.36. The second-order valence-electron chi connectivity index (χ2n) is 8.47. The summed E-state index contributed by atoms with van der Waals surface area (Å²) >= 11 is 0. The van der Waals surface area contributed by atoms with E-state index in [9.17, 15) is 10.1 Å². The maximum absolute atomic E-state index is 12.3. The molecule has 0 atom stereocenters. The summed E-state index contributed by atoms with van der Waals surface area (Å²) in [5, 5.41) is 13.6. The summed E-state index contributed by atoms with van der Waals surface area (Å²) in [5.41, 5.74) is 5.27. The van der Waals surface area contributed by atoms with Gasteiger partial charge in [0.25, 0.3) is 5.89 Å². The number of pyridine rings is 1. The predicted octanol–water partition coefficient (Wildman–Crippen LogP) is 4.45. The number of aromatic nitrogens is 3. The highest BCUT2D eigenvalue weighted by molar-refractivity contribution is 5.77. The molecule has 33 heavy (non-hydrogen) atoms. The molecule has 0 N–H and O–H groups in total. The van der Waals surface area contributed by atoms with E-state index >= 15 is 0 Å². The van der Waals surface area contributed by atoms with Gasteiger partial charge in [0.05, 0.1) is 11.7 Å². The second-order valence-corrected chi connectivity index (χ2v) is 8.47. The second kappa shape index (κ2) is 9.41. The van der Waals surface area contributed by atoms with Crippen LogP contribution in [0.3, 0.4) is 0 Å². The van der Waals surface area contributed by atoms with Gasteiger partial charge in [-0.1, -0.05) is 24.2 Å². The van der Waals surface area contributed by atoms with Gasteiger partial charge in [0.15, 0.2) is 0 Å². The van der Waals surface area contributed by atoms with Crippen LogP contribution in [0.25, 0.3) is 22.8 Å². The lowest BCUT2D eigenvalue weighted by molar-refractivity contribution is -0.132. The fourth-order valence-corrected chi connectivity index (χ4v) is 4.08. The molecule has 8 nitrogen and oxygen atoms in total.